The van der Waals surface area contributed by atoms with Gasteiger partial charge in [0.2, 0.25) is 0 Å². The Bertz CT molecular complexity index is 1200. The van der Waals surface area contributed by atoms with Crippen molar-refractivity contribution in [1.29, 1.82) is 0 Å². The highest BCUT2D eigenvalue weighted by molar-refractivity contribution is 8.76. The molecule has 2 aliphatic heterocycles. The first-order valence-corrected chi connectivity index (χ1v) is 15.9. The molecule has 6 rings (SSSR count). The van der Waals surface area contributed by atoms with Crippen LogP contribution in [0.2, 0.25) is 0 Å². The van der Waals surface area contributed by atoms with Gasteiger partial charge in [0, 0.05) is 82.7 Å². The molecule has 0 bridgehead atoms. The standard InChI is InChI=1S/C32H36N4S2.2BrH/c1-2-18-35(17-1)29-13-21-33(22-14-29)25-27-5-9-31(10-6-27)37-38-32-11-7-28(8-12-32)26-34-23-15-30(16-24-34)36-19-3-4-20-36;;/h5-16,21-24H,1-4,17-20,25-26H2;2*1H/q+2;;/p-2. The predicted molar refractivity (Wildman–Crippen MR) is 159 cm³/mol. The van der Waals surface area contributed by atoms with Crippen LogP contribution in [0, 0.1) is 0 Å². The zero-order valence-corrected chi connectivity index (χ0v) is 27.5. The highest BCUT2D eigenvalue weighted by Gasteiger charge is 2.15. The third kappa shape index (κ3) is 8.28. The quantitative estimate of drug-likeness (QED) is 0.185. The fraction of sp³-hybridized carbons (Fsp3) is 0.312. The van der Waals surface area contributed by atoms with E-state index >= 15 is 0 Å². The lowest BCUT2D eigenvalue weighted by molar-refractivity contribution is -0.688. The summed E-state index contributed by atoms with van der Waals surface area (Å²) in [7, 11) is 3.64. The monoisotopic (exact) mass is 698 g/mol. The number of anilines is 2. The van der Waals surface area contributed by atoms with Crippen LogP contribution in [-0.4, -0.2) is 26.2 Å². The van der Waals surface area contributed by atoms with E-state index in [9.17, 15) is 0 Å². The Kier molecular flexibility index (Phi) is 11.8. The van der Waals surface area contributed by atoms with E-state index in [4.69, 9.17) is 0 Å². The molecule has 2 fully saturated rings. The molecule has 0 amide bonds. The molecule has 8 heteroatoms. The first-order chi connectivity index (χ1) is 18.8. The number of hydrogen-bond donors (Lipinski definition) is 0. The Morgan fingerprint density at radius 1 is 0.475 bits per heavy atom. The zero-order chi connectivity index (χ0) is 25.6. The average Bonchev–Trinajstić information content (AvgIpc) is 3.70. The summed E-state index contributed by atoms with van der Waals surface area (Å²) in [5.74, 6) is 0. The summed E-state index contributed by atoms with van der Waals surface area (Å²) in [4.78, 5) is 7.53. The lowest BCUT2D eigenvalue weighted by Gasteiger charge is -2.16. The van der Waals surface area contributed by atoms with Gasteiger partial charge in [0.15, 0.2) is 37.9 Å². The van der Waals surface area contributed by atoms with Crippen LogP contribution < -0.4 is 52.9 Å². The van der Waals surface area contributed by atoms with Gasteiger partial charge in [-0.05, 0) is 49.9 Å². The predicted octanol–water partition coefficient (Wildman–Crippen LogP) is 0.366. The maximum Gasteiger partial charge on any atom is 0.173 e. The van der Waals surface area contributed by atoms with Gasteiger partial charge in [-0.15, -0.1) is 0 Å². The lowest BCUT2D eigenvalue weighted by Crippen LogP contribution is -3.00. The molecule has 0 aliphatic carbocycles. The molecule has 4 nitrogen and oxygen atoms in total. The molecule has 210 valence electrons. The number of nitrogens with zero attached hydrogens (tertiary/aromatic N) is 4. The van der Waals surface area contributed by atoms with Crippen molar-refractivity contribution < 1.29 is 43.1 Å². The number of halogens is 2. The molecule has 2 aliphatic rings. The molecular formula is C32H36Br2N4S2. The normalized spacial score (nSPS) is 14.6. The van der Waals surface area contributed by atoms with Crippen molar-refractivity contribution in [2.24, 2.45) is 0 Å². The number of rotatable bonds is 9. The van der Waals surface area contributed by atoms with Gasteiger partial charge in [-0.25, -0.2) is 9.13 Å². The molecule has 0 atom stereocenters. The molecule has 2 aromatic carbocycles. The number of hydrogen-bond acceptors (Lipinski definition) is 4. The van der Waals surface area contributed by atoms with Crippen LogP contribution in [0.3, 0.4) is 0 Å². The summed E-state index contributed by atoms with van der Waals surface area (Å²) in [5, 5.41) is 0. The summed E-state index contributed by atoms with van der Waals surface area (Å²) in [5.41, 5.74) is 5.35. The van der Waals surface area contributed by atoms with Crippen molar-refractivity contribution in [3.63, 3.8) is 0 Å². The summed E-state index contributed by atoms with van der Waals surface area (Å²) in [6, 6.07) is 27.0. The van der Waals surface area contributed by atoms with E-state index in [1.807, 2.05) is 21.6 Å². The van der Waals surface area contributed by atoms with Crippen molar-refractivity contribution in [1.82, 2.24) is 0 Å². The molecule has 0 saturated carbocycles. The minimum Gasteiger partial charge on any atom is -1.00 e. The van der Waals surface area contributed by atoms with Gasteiger partial charge in [0.1, 0.15) is 0 Å². The van der Waals surface area contributed by atoms with Crippen LogP contribution in [0.15, 0.2) is 107 Å². The van der Waals surface area contributed by atoms with E-state index in [2.05, 4.69) is 117 Å². The molecule has 0 spiro atoms. The number of pyridine rings is 2. The van der Waals surface area contributed by atoms with E-state index in [0.717, 1.165) is 13.1 Å². The summed E-state index contributed by atoms with van der Waals surface area (Å²) in [6.45, 7) is 6.57. The Balaban J connectivity index is 0.00000185. The van der Waals surface area contributed by atoms with E-state index in [-0.39, 0.29) is 34.0 Å². The molecule has 4 aromatic rings. The Labute approximate surface area is 267 Å². The van der Waals surface area contributed by atoms with Gasteiger partial charge >= 0.3 is 0 Å². The van der Waals surface area contributed by atoms with E-state index < -0.39 is 0 Å². The van der Waals surface area contributed by atoms with Crippen molar-refractivity contribution in [2.45, 2.75) is 48.6 Å². The first kappa shape index (κ1) is 30.9. The topological polar surface area (TPSA) is 14.2 Å². The largest absolute Gasteiger partial charge is 1.00 e. The van der Waals surface area contributed by atoms with E-state index in [0.29, 0.717) is 0 Å². The first-order valence-electron chi connectivity index (χ1n) is 13.8. The van der Waals surface area contributed by atoms with Crippen LogP contribution in [0.5, 0.6) is 0 Å². The van der Waals surface area contributed by atoms with Gasteiger partial charge in [-0.3, -0.25) is 0 Å². The van der Waals surface area contributed by atoms with Crippen LogP contribution in [0.1, 0.15) is 36.8 Å². The second-order valence-electron chi connectivity index (χ2n) is 10.3. The second kappa shape index (κ2) is 15.3. The molecule has 0 N–H and O–H groups in total. The van der Waals surface area contributed by atoms with Crippen LogP contribution in [0.25, 0.3) is 0 Å². The van der Waals surface area contributed by atoms with Crippen LogP contribution in [0.4, 0.5) is 11.4 Å². The minimum absolute atomic E-state index is 0. The lowest BCUT2D eigenvalue weighted by atomic mass is 10.2. The van der Waals surface area contributed by atoms with Gasteiger partial charge in [0.05, 0.1) is 0 Å². The molecular weight excluding hydrogens is 664 g/mol. The minimum atomic E-state index is 0. The third-order valence-corrected chi connectivity index (χ3v) is 9.92. The van der Waals surface area contributed by atoms with Crippen LogP contribution >= 0.6 is 21.6 Å². The van der Waals surface area contributed by atoms with Crippen molar-refractivity contribution in [2.75, 3.05) is 36.0 Å². The van der Waals surface area contributed by atoms with Gasteiger partial charge < -0.3 is 43.8 Å². The molecule has 0 unspecified atom stereocenters. The zero-order valence-electron chi connectivity index (χ0n) is 22.7. The van der Waals surface area contributed by atoms with Crippen LogP contribution in [-0.2, 0) is 13.1 Å². The van der Waals surface area contributed by atoms with Gasteiger partial charge in [0.25, 0.3) is 0 Å². The SMILES string of the molecule is [Br-].[Br-].c1cc(SSc2ccc(C[n+]3ccc(N4CCCC4)cc3)cc2)ccc1C[n+]1ccc(N2CCCC2)cc1. The van der Waals surface area contributed by atoms with Crippen molar-refractivity contribution in [3.05, 3.63) is 109 Å². The molecule has 40 heavy (non-hydrogen) atoms. The third-order valence-electron chi connectivity index (χ3n) is 7.50. The Hall–Kier alpha value is -2.00. The molecule has 2 saturated heterocycles. The van der Waals surface area contributed by atoms with E-state index in [1.165, 1.54) is 84.2 Å². The maximum atomic E-state index is 2.48. The summed E-state index contributed by atoms with van der Waals surface area (Å²) < 4.78 is 4.52. The second-order valence-corrected chi connectivity index (χ2v) is 12.6. The molecule has 2 aromatic heterocycles. The fourth-order valence-corrected chi connectivity index (χ4v) is 7.23. The summed E-state index contributed by atoms with van der Waals surface area (Å²) in [6.07, 6.45) is 14.1. The summed E-state index contributed by atoms with van der Waals surface area (Å²) >= 11 is 0. The molecule has 0 radical (unpaired) electrons. The Morgan fingerprint density at radius 3 is 1.12 bits per heavy atom. The smallest absolute Gasteiger partial charge is 0.173 e. The van der Waals surface area contributed by atoms with Crippen molar-refractivity contribution in [3.8, 4) is 0 Å². The number of benzene rings is 2. The highest BCUT2D eigenvalue weighted by Crippen LogP contribution is 2.37. The van der Waals surface area contributed by atoms with E-state index in [1.54, 1.807) is 0 Å². The molecule has 4 heterocycles. The maximum absolute atomic E-state index is 2.48. The number of aromatic nitrogens is 2. The van der Waals surface area contributed by atoms with Crippen molar-refractivity contribution >= 4 is 33.0 Å². The van der Waals surface area contributed by atoms with Gasteiger partial charge in [-0.2, -0.15) is 0 Å². The fourth-order valence-electron chi connectivity index (χ4n) is 5.30. The Morgan fingerprint density at radius 2 is 0.800 bits per heavy atom. The average molecular weight is 701 g/mol. The van der Waals surface area contributed by atoms with Gasteiger partial charge in [-0.1, -0.05) is 45.9 Å². The highest BCUT2D eigenvalue weighted by atomic mass is 79.9.